The van der Waals surface area contributed by atoms with Crippen LogP contribution >= 0.6 is 0 Å². The largest absolute Gasteiger partial charge is 0.453 e. The van der Waals surface area contributed by atoms with E-state index in [1.54, 1.807) is 0 Å². The molecule has 3 aromatic heterocycles. The normalized spacial score (nSPS) is 19.4. The second-order valence-electron chi connectivity index (χ2n) is 9.75. The summed E-state index contributed by atoms with van der Waals surface area (Å²) in [4.78, 5) is 17.4. The molecule has 2 aromatic carbocycles. The van der Waals surface area contributed by atoms with Gasteiger partial charge in [-0.3, -0.25) is 15.0 Å². The van der Waals surface area contributed by atoms with Gasteiger partial charge in [-0.15, -0.1) is 0 Å². The highest BCUT2D eigenvalue weighted by atomic mass is 16.3. The minimum absolute atomic E-state index is 0.343. The second-order valence-corrected chi connectivity index (χ2v) is 9.75. The third-order valence-corrected chi connectivity index (χ3v) is 6.83. The molecular weight excluding hydrogens is 448 g/mol. The number of hydrogen-bond donors (Lipinski definition) is 3. The van der Waals surface area contributed by atoms with Gasteiger partial charge in [-0.25, -0.2) is 0 Å². The van der Waals surface area contributed by atoms with Crippen molar-refractivity contribution in [3.8, 4) is 22.5 Å². The van der Waals surface area contributed by atoms with Crippen LogP contribution in [-0.4, -0.2) is 46.8 Å². The molecule has 0 aliphatic carbocycles. The monoisotopic (exact) mass is 474 g/mol. The summed E-state index contributed by atoms with van der Waals surface area (Å²) < 4.78 is 6.11. The number of pyridine rings is 1. The molecule has 7 nitrogen and oxygen atoms in total. The van der Waals surface area contributed by atoms with Gasteiger partial charge in [0.2, 0.25) is 0 Å². The molecule has 178 valence electrons. The van der Waals surface area contributed by atoms with E-state index in [2.05, 4.69) is 94.0 Å². The first-order chi connectivity index (χ1) is 17.6. The standard InChI is InChI=1S/C29H26N6O/c1-16-13-31-28(33-16)21-6-4-19-9-25(35-24(19)10-21)23-8-7-22(15-30-23)18-3-5-20-12-27(36-26(20)11-18)29-32-14-17(2)34-29/h3-12,15-17,35H,13-14H2,1-2H3,(H,31,33)(H,32,34). The zero-order valence-electron chi connectivity index (χ0n) is 20.2. The number of nitrogens with one attached hydrogen (secondary N) is 3. The average Bonchev–Trinajstić information content (AvgIpc) is 3.69. The van der Waals surface area contributed by atoms with Crippen molar-refractivity contribution in [3.05, 3.63) is 78.2 Å². The first-order valence-corrected chi connectivity index (χ1v) is 12.3. The predicted octanol–water partition coefficient (Wildman–Crippen LogP) is 5.12. The van der Waals surface area contributed by atoms with E-state index < -0.39 is 0 Å². The number of H-pyrrole nitrogens is 1. The Kier molecular flexibility index (Phi) is 4.70. The molecule has 0 amide bonds. The van der Waals surface area contributed by atoms with Crippen LogP contribution in [0.3, 0.4) is 0 Å². The maximum atomic E-state index is 6.11. The lowest BCUT2D eigenvalue weighted by Crippen LogP contribution is -2.27. The number of hydrogen-bond acceptors (Lipinski definition) is 6. The van der Waals surface area contributed by atoms with Crippen LogP contribution in [0.15, 0.2) is 81.3 Å². The highest BCUT2D eigenvalue weighted by molar-refractivity contribution is 6.03. The number of aromatic nitrogens is 2. The van der Waals surface area contributed by atoms with Gasteiger partial charge in [0.25, 0.3) is 0 Å². The number of aromatic amines is 1. The number of benzene rings is 2. The molecule has 2 aliphatic rings. The highest BCUT2D eigenvalue weighted by Crippen LogP contribution is 2.29. The summed E-state index contributed by atoms with van der Waals surface area (Å²) >= 11 is 0. The van der Waals surface area contributed by atoms with Crippen molar-refractivity contribution in [3.63, 3.8) is 0 Å². The number of amidine groups is 2. The van der Waals surface area contributed by atoms with Crippen molar-refractivity contribution in [2.24, 2.45) is 9.98 Å². The van der Waals surface area contributed by atoms with E-state index in [9.17, 15) is 0 Å². The van der Waals surface area contributed by atoms with Gasteiger partial charge in [0, 0.05) is 45.7 Å². The van der Waals surface area contributed by atoms with Crippen LogP contribution in [0.1, 0.15) is 25.2 Å². The van der Waals surface area contributed by atoms with Gasteiger partial charge >= 0.3 is 0 Å². The molecule has 7 rings (SSSR count). The van der Waals surface area contributed by atoms with Gasteiger partial charge in [-0.05, 0) is 49.7 Å². The molecule has 0 saturated carbocycles. The summed E-state index contributed by atoms with van der Waals surface area (Å²) in [6.07, 6.45) is 1.92. The van der Waals surface area contributed by atoms with Crippen LogP contribution in [0.4, 0.5) is 0 Å². The highest BCUT2D eigenvalue weighted by Gasteiger charge is 2.18. The predicted molar refractivity (Wildman–Crippen MR) is 145 cm³/mol. The van der Waals surface area contributed by atoms with Crippen molar-refractivity contribution in [2.75, 3.05) is 13.1 Å². The summed E-state index contributed by atoms with van der Waals surface area (Å²) in [7, 11) is 0. The number of aliphatic imine (C=N–C) groups is 2. The quantitative estimate of drug-likeness (QED) is 0.337. The molecular formula is C29H26N6O. The van der Waals surface area contributed by atoms with Gasteiger partial charge in [0.1, 0.15) is 11.4 Å². The van der Waals surface area contributed by atoms with Crippen molar-refractivity contribution in [1.29, 1.82) is 0 Å². The Labute approximate surface area is 208 Å². The van der Waals surface area contributed by atoms with Crippen LogP contribution in [0, 0.1) is 0 Å². The van der Waals surface area contributed by atoms with Crippen molar-refractivity contribution in [2.45, 2.75) is 25.9 Å². The molecule has 0 spiro atoms. The molecule has 0 saturated heterocycles. The minimum Gasteiger partial charge on any atom is -0.453 e. The van der Waals surface area contributed by atoms with E-state index >= 15 is 0 Å². The Hall–Kier alpha value is -4.39. The molecule has 5 aromatic rings. The van der Waals surface area contributed by atoms with Gasteiger partial charge < -0.3 is 20.0 Å². The first-order valence-electron chi connectivity index (χ1n) is 12.3. The molecule has 36 heavy (non-hydrogen) atoms. The molecule has 5 heterocycles. The third kappa shape index (κ3) is 3.64. The second kappa shape index (κ2) is 8.09. The van der Waals surface area contributed by atoms with Gasteiger partial charge in [-0.2, -0.15) is 0 Å². The zero-order valence-corrected chi connectivity index (χ0v) is 20.2. The number of rotatable bonds is 4. The lowest BCUT2D eigenvalue weighted by atomic mass is 10.1. The molecule has 0 bridgehead atoms. The Morgan fingerprint density at radius 2 is 1.50 bits per heavy atom. The molecule has 2 unspecified atom stereocenters. The van der Waals surface area contributed by atoms with Crippen LogP contribution in [-0.2, 0) is 0 Å². The maximum absolute atomic E-state index is 6.11. The molecule has 2 aliphatic heterocycles. The zero-order chi connectivity index (χ0) is 24.2. The van der Waals surface area contributed by atoms with Crippen molar-refractivity contribution in [1.82, 2.24) is 20.6 Å². The SMILES string of the molecule is CC1CN=C(c2ccc3cc(-c4ccc(-c5ccc6cc(C7=NCC(C)N7)oc6c5)cn4)[nH]c3c2)N1. The van der Waals surface area contributed by atoms with E-state index in [0.717, 1.165) is 80.5 Å². The van der Waals surface area contributed by atoms with Gasteiger partial charge in [0.15, 0.2) is 11.6 Å². The third-order valence-electron chi connectivity index (χ3n) is 6.83. The van der Waals surface area contributed by atoms with Crippen molar-refractivity contribution < 1.29 is 4.42 Å². The fourth-order valence-corrected chi connectivity index (χ4v) is 4.89. The fraction of sp³-hybridized carbons (Fsp3) is 0.207. The van der Waals surface area contributed by atoms with Crippen LogP contribution < -0.4 is 10.6 Å². The smallest absolute Gasteiger partial charge is 0.170 e. The summed E-state index contributed by atoms with van der Waals surface area (Å²) in [5, 5.41) is 9.01. The maximum Gasteiger partial charge on any atom is 0.170 e. The van der Waals surface area contributed by atoms with E-state index in [1.807, 2.05) is 12.3 Å². The molecule has 0 fully saturated rings. The van der Waals surface area contributed by atoms with E-state index in [4.69, 9.17) is 9.40 Å². The van der Waals surface area contributed by atoms with E-state index in [1.165, 1.54) is 0 Å². The Morgan fingerprint density at radius 3 is 2.25 bits per heavy atom. The van der Waals surface area contributed by atoms with Crippen LogP contribution in [0.25, 0.3) is 44.4 Å². The average molecular weight is 475 g/mol. The van der Waals surface area contributed by atoms with Gasteiger partial charge in [0.05, 0.1) is 24.5 Å². The molecule has 7 heteroatoms. The summed E-state index contributed by atoms with van der Waals surface area (Å²) in [5.74, 6) is 2.58. The molecule has 3 N–H and O–H groups in total. The van der Waals surface area contributed by atoms with E-state index in [0.29, 0.717) is 12.1 Å². The summed E-state index contributed by atoms with van der Waals surface area (Å²) in [5.41, 5.74) is 7.03. The van der Waals surface area contributed by atoms with Gasteiger partial charge in [-0.1, -0.05) is 30.3 Å². The van der Waals surface area contributed by atoms with Crippen LogP contribution in [0.5, 0.6) is 0 Å². The topological polar surface area (TPSA) is 90.6 Å². The Balaban J connectivity index is 1.15. The van der Waals surface area contributed by atoms with E-state index in [-0.39, 0.29) is 0 Å². The fourth-order valence-electron chi connectivity index (χ4n) is 4.89. The molecule has 0 radical (unpaired) electrons. The first kappa shape index (κ1) is 20.9. The van der Waals surface area contributed by atoms with Crippen molar-refractivity contribution >= 4 is 33.5 Å². The van der Waals surface area contributed by atoms with Crippen LogP contribution in [0.2, 0.25) is 0 Å². The summed E-state index contributed by atoms with van der Waals surface area (Å²) in [6, 6.07) is 21.7. The Bertz CT molecular complexity index is 1630. The molecule has 2 atom stereocenters. The summed E-state index contributed by atoms with van der Waals surface area (Å²) in [6.45, 7) is 5.85. The number of furan rings is 1. The minimum atomic E-state index is 0.343. The lowest BCUT2D eigenvalue weighted by molar-refractivity contribution is 0.599. The lowest BCUT2D eigenvalue weighted by Gasteiger charge is -2.05. The Morgan fingerprint density at radius 1 is 0.750 bits per heavy atom. The number of nitrogens with zero attached hydrogens (tertiary/aromatic N) is 3. The number of fused-ring (bicyclic) bond motifs is 2.